The smallest absolute Gasteiger partial charge is 0.324 e. The molecule has 3 amide bonds. The lowest BCUT2D eigenvalue weighted by molar-refractivity contribution is -0.127. The number of carbonyl (C=O) groups is 2. The van der Waals surface area contributed by atoms with E-state index in [4.69, 9.17) is 4.74 Å². The van der Waals surface area contributed by atoms with Crippen molar-refractivity contribution in [1.29, 1.82) is 0 Å². The van der Waals surface area contributed by atoms with Crippen molar-refractivity contribution >= 4 is 11.9 Å². The highest BCUT2D eigenvalue weighted by atomic mass is 16.5. The van der Waals surface area contributed by atoms with Crippen LogP contribution in [-0.4, -0.2) is 36.0 Å². The quantitative estimate of drug-likeness (QED) is 0.629. The Kier molecular flexibility index (Phi) is 5.11. The minimum atomic E-state index is -0.477. The Morgan fingerprint density at radius 2 is 1.62 bits per heavy atom. The molecule has 2 aromatic carbocycles. The summed E-state index contributed by atoms with van der Waals surface area (Å²) >= 11 is 0. The molecule has 5 nitrogen and oxygen atoms in total. The molecule has 3 rings (SSSR count). The predicted octanol–water partition coefficient (Wildman–Crippen LogP) is 2.62. The molecule has 1 aliphatic rings. The molecular formula is C19H20N2O3. The fourth-order valence-corrected chi connectivity index (χ4v) is 2.71. The van der Waals surface area contributed by atoms with E-state index in [1.165, 1.54) is 4.90 Å². The minimum absolute atomic E-state index is 0.163. The zero-order chi connectivity index (χ0) is 16.8. The molecule has 1 unspecified atom stereocenters. The van der Waals surface area contributed by atoms with Crippen LogP contribution in [-0.2, 0) is 11.2 Å². The Balaban J connectivity index is 1.47. The fraction of sp³-hybridized carbons (Fsp3) is 0.263. The Hall–Kier alpha value is -2.82. The lowest BCUT2D eigenvalue weighted by Gasteiger charge is -2.13. The first kappa shape index (κ1) is 16.1. The number of urea groups is 1. The topological polar surface area (TPSA) is 58.6 Å². The molecule has 0 spiro atoms. The van der Waals surface area contributed by atoms with Crippen LogP contribution < -0.4 is 10.1 Å². The third kappa shape index (κ3) is 3.93. The van der Waals surface area contributed by atoms with Crippen LogP contribution in [0.3, 0.4) is 0 Å². The summed E-state index contributed by atoms with van der Waals surface area (Å²) in [4.78, 5) is 25.7. The maximum absolute atomic E-state index is 12.4. The number of benzene rings is 2. The van der Waals surface area contributed by atoms with Crippen molar-refractivity contribution < 1.29 is 14.3 Å². The molecule has 1 N–H and O–H groups in total. The van der Waals surface area contributed by atoms with Crippen molar-refractivity contribution in [1.82, 2.24) is 10.2 Å². The van der Waals surface area contributed by atoms with Gasteiger partial charge in [0.1, 0.15) is 11.8 Å². The van der Waals surface area contributed by atoms with Crippen molar-refractivity contribution in [3.8, 4) is 5.75 Å². The predicted molar refractivity (Wildman–Crippen MR) is 90.7 cm³/mol. The molecule has 0 aliphatic carbocycles. The summed E-state index contributed by atoms with van der Waals surface area (Å²) in [6.07, 6.45) is 1.12. The van der Waals surface area contributed by atoms with Crippen molar-refractivity contribution in [2.24, 2.45) is 0 Å². The number of amides is 3. The SMILES string of the molecule is O=C1NC(Cc2ccccc2)C(=O)N1CCCOc1ccccc1. The maximum atomic E-state index is 12.4. The first-order chi connectivity index (χ1) is 11.7. The molecule has 124 valence electrons. The largest absolute Gasteiger partial charge is 0.494 e. The van der Waals surface area contributed by atoms with Crippen LogP contribution in [0.15, 0.2) is 60.7 Å². The van der Waals surface area contributed by atoms with Gasteiger partial charge in [-0.2, -0.15) is 0 Å². The van der Waals surface area contributed by atoms with E-state index in [0.29, 0.717) is 26.0 Å². The second-order valence-corrected chi connectivity index (χ2v) is 5.70. The molecule has 1 heterocycles. The van der Waals surface area contributed by atoms with Crippen LogP contribution in [0, 0.1) is 0 Å². The summed E-state index contributed by atoms with van der Waals surface area (Å²) in [5.41, 5.74) is 1.03. The number of imide groups is 1. The minimum Gasteiger partial charge on any atom is -0.494 e. The molecule has 0 bridgehead atoms. The van der Waals surface area contributed by atoms with Crippen LogP contribution in [0.5, 0.6) is 5.75 Å². The second-order valence-electron chi connectivity index (χ2n) is 5.70. The van der Waals surface area contributed by atoms with E-state index >= 15 is 0 Å². The number of hydrogen-bond donors (Lipinski definition) is 1. The van der Waals surface area contributed by atoms with E-state index in [1.807, 2.05) is 60.7 Å². The number of hydrogen-bond acceptors (Lipinski definition) is 3. The van der Waals surface area contributed by atoms with Crippen molar-refractivity contribution in [2.75, 3.05) is 13.2 Å². The Labute approximate surface area is 141 Å². The van der Waals surface area contributed by atoms with Gasteiger partial charge in [-0.05, 0) is 24.1 Å². The van der Waals surface area contributed by atoms with Crippen LogP contribution in [0.1, 0.15) is 12.0 Å². The van der Waals surface area contributed by atoms with Crippen molar-refractivity contribution in [3.63, 3.8) is 0 Å². The summed E-state index contributed by atoms with van der Waals surface area (Å²) < 4.78 is 5.59. The molecular weight excluding hydrogens is 304 g/mol. The summed E-state index contributed by atoms with van der Waals surface area (Å²) in [7, 11) is 0. The second kappa shape index (κ2) is 7.64. The van der Waals surface area contributed by atoms with Gasteiger partial charge in [-0.15, -0.1) is 0 Å². The summed E-state index contributed by atoms with van der Waals surface area (Å²) in [6, 6.07) is 18.4. The number of nitrogens with zero attached hydrogens (tertiary/aromatic N) is 1. The van der Waals surface area contributed by atoms with Gasteiger partial charge in [0.25, 0.3) is 5.91 Å². The van der Waals surface area contributed by atoms with Gasteiger partial charge in [0.05, 0.1) is 6.61 Å². The molecule has 1 atom stereocenters. The fourth-order valence-electron chi connectivity index (χ4n) is 2.71. The van der Waals surface area contributed by atoms with Crippen LogP contribution in [0.2, 0.25) is 0 Å². The molecule has 1 aliphatic heterocycles. The highest BCUT2D eigenvalue weighted by Gasteiger charge is 2.37. The van der Waals surface area contributed by atoms with E-state index < -0.39 is 6.04 Å². The first-order valence-electron chi connectivity index (χ1n) is 8.08. The zero-order valence-corrected chi connectivity index (χ0v) is 13.4. The summed E-state index contributed by atoms with van der Waals surface area (Å²) in [5.74, 6) is 0.625. The average molecular weight is 324 g/mol. The van der Waals surface area contributed by atoms with E-state index in [1.54, 1.807) is 0 Å². The standard InChI is InChI=1S/C19H20N2O3/c22-18-17(14-15-8-3-1-4-9-15)20-19(23)21(18)12-7-13-24-16-10-5-2-6-11-16/h1-6,8-11,17H,7,12-14H2,(H,20,23). The molecule has 0 aromatic heterocycles. The highest BCUT2D eigenvalue weighted by Crippen LogP contribution is 2.13. The van der Waals surface area contributed by atoms with E-state index in [-0.39, 0.29) is 11.9 Å². The highest BCUT2D eigenvalue weighted by molar-refractivity contribution is 6.04. The third-order valence-corrected chi connectivity index (χ3v) is 3.93. The zero-order valence-electron chi connectivity index (χ0n) is 13.4. The van der Waals surface area contributed by atoms with E-state index in [0.717, 1.165) is 11.3 Å². The molecule has 2 aromatic rings. The number of para-hydroxylation sites is 1. The van der Waals surface area contributed by atoms with Gasteiger partial charge in [0.2, 0.25) is 0 Å². The van der Waals surface area contributed by atoms with Gasteiger partial charge in [0.15, 0.2) is 0 Å². The van der Waals surface area contributed by atoms with Gasteiger partial charge in [-0.25, -0.2) is 4.79 Å². The Bertz CT molecular complexity index is 688. The molecule has 24 heavy (non-hydrogen) atoms. The molecule has 0 radical (unpaired) electrons. The average Bonchev–Trinajstić information content (AvgIpc) is 2.87. The normalized spacial score (nSPS) is 17.0. The Morgan fingerprint density at radius 3 is 2.33 bits per heavy atom. The van der Waals surface area contributed by atoms with Crippen molar-refractivity contribution in [3.05, 3.63) is 66.2 Å². The van der Waals surface area contributed by atoms with Crippen LogP contribution in [0.25, 0.3) is 0 Å². The third-order valence-electron chi connectivity index (χ3n) is 3.93. The first-order valence-corrected chi connectivity index (χ1v) is 8.08. The van der Waals surface area contributed by atoms with Gasteiger partial charge in [0, 0.05) is 13.0 Å². The number of carbonyl (C=O) groups excluding carboxylic acids is 2. The lowest BCUT2D eigenvalue weighted by Crippen LogP contribution is -2.33. The maximum Gasteiger partial charge on any atom is 0.324 e. The number of nitrogens with one attached hydrogen (secondary N) is 1. The lowest BCUT2D eigenvalue weighted by atomic mass is 10.1. The van der Waals surface area contributed by atoms with Gasteiger partial charge in [-0.1, -0.05) is 48.5 Å². The summed E-state index contributed by atoms with van der Waals surface area (Å²) in [5, 5.41) is 2.76. The van der Waals surface area contributed by atoms with Crippen molar-refractivity contribution in [2.45, 2.75) is 18.9 Å². The van der Waals surface area contributed by atoms with Crippen LogP contribution >= 0.6 is 0 Å². The van der Waals surface area contributed by atoms with Gasteiger partial charge in [-0.3, -0.25) is 9.69 Å². The van der Waals surface area contributed by atoms with E-state index in [2.05, 4.69) is 5.32 Å². The molecule has 5 heteroatoms. The monoisotopic (exact) mass is 324 g/mol. The van der Waals surface area contributed by atoms with Gasteiger partial charge < -0.3 is 10.1 Å². The summed E-state index contributed by atoms with van der Waals surface area (Å²) in [6.45, 7) is 0.827. The molecule has 0 saturated carbocycles. The molecule has 1 saturated heterocycles. The number of rotatable bonds is 7. The van der Waals surface area contributed by atoms with E-state index in [9.17, 15) is 9.59 Å². The van der Waals surface area contributed by atoms with Crippen LogP contribution in [0.4, 0.5) is 4.79 Å². The molecule has 1 fully saturated rings. The van der Waals surface area contributed by atoms with Gasteiger partial charge >= 0.3 is 6.03 Å². The number of ether oxygens (including phenoxy) is 1. The Morgan fingerprint density at radius 1 is 0.958 bits per heavy atom.